The Kier molecular flexibility index (Phi) is 8.03. The van der Waals surface area contributed by atoms with E-state index in [0.717, 1.165) is 16.5 Å². The van der Waals surface area contributed by atoms with Gasteiger partial charge in [0.05, 0.1) is 28.8 Å². The number of aromatic nitrogens is 2. The van der Waals surface area contributed by atoms with E-state index in [4.69, 9.17) is 21.1 Å². The second-order valence-electron chi connectivity index (χ2n) is 6.49. The van der Waals surface area contributed by atoms with Crippen LogP contribution in [0.25, 0.3) is 28.2 Å². The van der Waals surface area contributed by atoms with Crippen LogP contribution in [0.3, 0.4) is 0 Å². The van der Waals surface area contributed by atoms with E-state index in [1.165, 1.54) is 0 Å². The summed E-state index contributed by atoms with van der Waals surface area (Å²) in [4.78, 5) is 26.9. The first-order valence-corrected chi connectivity index (χ1v) is 9.32. The van der Waals surface area contributed by atoms with Gasteiger partial charge in [-0.2, -0.15) is 0 Å². The minimum atomic E-state index is -0.501. The zero-order chi connectivity index (χ0) is 22.1. The minimum Gasteiger partial charge on any atom is -0.496 e. The predicted molar refractivity (Wildman–Crippen MR) is 117 cm³/mol. The van der Waals surface area contributed by atoms with Crippen LogP contribution in [0.1, 0.15) is 31.5 Å². The molecule has 3 aromatic rings. The Morgan fingerprint density at radius 2 is 2.00 bits per heavy atom. The molecule has 0 amide bonds. The third-order valence-electron chi connectivity index (χ3n) is 4.37. The summed E-state index contributed by atoms with van der Waals surface area (Å²) in [5, 5.41) is 17.4. The number of fused-ring (bicyclic) bond motifs is 1. The Balaban J connectivity index is 0.00000101. The third kappa shape index (κ3) is 5.63. The van der Waals surface area contributed by atoms with Crippen LogP contribution >= 0.6 is 0 Å². The highest BCUT2D eigenvalue weighted by atomic mass is 16.5. The fourth-order valence-electron chi connectivity index (χ4n) is 2.80. The Morgan fingerprint density at radius 3 is 2.67 bits per heavy atom. The number of hydrogen-bond acceptors (Lipinski definition) is 4. The van der Waals surface area contributed by atoms with Gasteiger partial charge in [-0.1, -0.05) is 31.0 Å². The number of terminal acetylenes is 1. The van der Waals surface area contributed by atoms with E-state index in [-0.39, 0.29) is 18.6 Å². The second-order valence-corrected chi connectivity index (χ2v) is 6.49. The highest BCUT2D eigenvalue weighted by molar-refractivity contribution is 5.83. The van der Waals surface area contributed by atoms with Crippen LogP contribution in [0, 0.1) is 12.3 Å². The number of hydrogen-bond donors (Lipinski definition) is 4. The molecule has 0 aliphatic rings. The maximum absolute atomic E-state index is 12.5. The molecule has 0 bridgehead atoms. The summed E-state index contributed by atoms with van der Waals surface area (Å²) in [6, 6.07) is 11.3. The Morgan fingerprint density at radius 1 is 1.30 bits per heavy atom. The van der Waals surface area contributed by atoms with Gasteiger partial charge in [0.2, 0.25) is 0 Å². The van der Waals surface area contributed by atoms with Crippen LogP contribution in [0.4, 0.5) is 0 Å². The summed E-state index contributed by atoms with van der Waals surface area (Å²) < 4.78 is 5.56. The lowest BCUT2D eigenvalue weighted by Gasteiger charge is -2.10. The van der Waals surface area contributed by atoms with E-state index in [0.29, 0.717) is 29.1 Å². The van der Waals surface area contributed by atoms with E-state index in [1.54, 1.807) is 13.0 Å². The summed E-state index contributed by atoms with van der Waals surface area (Å²) in [6.07, 6.45) is 7.54. The number of benzene rings is 1. The lowest BCUT2D eigenvalue weighted by Crippen LogP contribution is -2.12. The topological polar surface area (TPSA) is 115 Å². The Hall–Kier alpha value is -3.76. The molecule has 3 rings (SSSR count). The van der Waals surface area contributed by atoms with Crippen molar-refractivity contribution in [3.05, 3.63) is 63.8 Å². The maximum Gasteiger partial charge on any atom is 0.290 e. The monoisotopic (exact) mass is 408 g/mol. The summed E-state index contributed by atoms with van der Waals surface area (Å²) in [6.45, 7) is 3.67. The van der Waals surface area contributed by atoms with Crippen molar-refractivity contribution in [3.63, 3.8) is 0 Å². The number of pyridine rings is 1. The third-order valence-corrected chi connectivity index (χ3v) is 4.37. The first-order valence-electron chi connectivity index (χ1n) is 9.32. The van der Waals surface area contributed by atoms with Gasteiger partial charge in [-0.15, -0.1) is 6.42 Å². The van der Waals surface area contributed by atoms with Crippen molar-refractivity contribution >= 4 is 23.5 Å². The molecule has 0 aliphatic carbocycles. The van der Waals surface area contributed by atoms with Gasteiger partial charge >= 0.3 is 0 Å². The van der Waals surface area contributed by atoms with E-state index in [9.17, 15) is 9.90 Å². The van der Waals surface area contributed by atoms with Crippen molar-refractivity contribution in [1.82, 2.24) is 9.97 Å². The average molecular weight is 408 g/mol. The van der Waals surface area contributed by atoms with E-state index in [1.807, 2.05) is 43.3 Å². The van der Waals surface area contributed by atoms with Crippen molar-refractivity contribution in [2.24, 2.45) is 0 Å². The number of carbonyl (C=O) groups is 1. The van der Waals surface area contributed by atoms with Crippen LogP contribution < -0.4 is 5.56 Å². The fraction of sp³-hybridized carbons (Fsp3) is 0.217. The molecule has 7 nitrogen and oxygen atoms in total. The van der Waals surface area contributed by atoms with Crippen LogP contribution in [-0.2, 0) is 9.53 Å². The lowest BCUT2D eigenvalue weighted by molar-refractivity contribution is -0.122. The maximum atomic E-state index is 12.5. The van der Waals surface area contributed by atoms with Crippen LogP contribution in [0.2, 0.25) is 0 Å². The lowest BCUT2D eigenvalue weighted by atomic mass is 10.1. The number of allylic oxidation sites excluding steroid dienone is 1. The molecule has 7 heteroatoms. The number of nitrogens with one attached hydrogen (secondary N) is 2. The highest BCUT2D eigenvalue weighted by Crippen LogP contribution is 2.23. The molecule has 156 valence electrons. The molecular formula is C23H24N2O5. The first kappa shape index (κ1) is 22.5. The molecular weight excluding hydrogens is 384 g/mol. The fourth-order valence-corrected chi connectivity index (χ4v) is 2.80. The van der Waals surface area contributed by atoms with Crippen molar-refractivity contribution < 1.29 is 19.7 Å². The molecule has 30 heavy (non-hydrogen) atoms. The molecule has 0 spiro atoms. The number of ether oxygens (including phenoxy) is 1. The molecule has 0 saturated carbocycles. The second kappa shape index (κ2) is 10.7. The average Bonchev–Trinajstić information content (AvgIpc) is 3.14. The first-order chi connectivity index (χ1) is 14.4. The van der Waals surface area contributed by atoms with Crippen LogP contribution in [0.15, 0.2) is 47.0 Å². The van der Waals surface area contributed by atoms with Gasteiger partial charge in [0.1, 0.15) is 6.61 Å². The van der Waals surface area contributed by atoms with Gasteiger partial charge < -0.3 is 24.9 Å². The summed E-state index contributed by atoms with van der Waals surface area (Å²) >= 11 is 0. The smallest absolute Gasteiger partial charge is 0.290 e. The van der Waals surface area contributed by atoms with Crippen molar-refractivity contribution in [1.29, 1.82) is 0 Å². The Labute approximate surface area is 174 Å². The van der Waals surface area contributed by atoms with Crippen LogP contribution in [0.5, 0.6) is 0 Å². The molecule has 1 atom stereocenters. The van der Waals surface area contributed by atoms with Gasteiger partial charge in [0, 0.05) is 11.1 Å². The summed E-state index contributed by atoms with van der Waals surface area (Å²) in [7, 11) is 0. The van der Waals surface area contributed by atoms with Crippen molar-refractivity contribution in [2.75, 3.05) is 6.61 Å². The molecule has 0 aliphatic heterocycles. The summed E-state index contributed by atoms with van der Waals surface area (Å²) in [5.74, 6) is 3.24. The van der Waals surface area contributed by atoms with E-state index < -0.39 is 6.10 Å². The van der Waals surface area contributed by atoms with Gasteiger partial charge in [-0.3, -0.25) is 9.59 Å². The number of H-pyrrole nitrogens is 2. The number of carboxylic acid groups (broad SMARTS) is 1. The molecule has 2 aromatic heterocycles. The largest absolute Gasteiger partial charge is 0.496 e. The molecule has 1 aromatic carbocycles. The quantitative estimate of drug-likeness (QED) is 0.284. The van der Waals surface area contributed by atoms with Gasteiger partial charge in [-0.05, 0) is 43.0 Å². The number of para-hydroxylation sites is 1. The zero-order valence-corrected chi connectivity index (χ0v) is 16.8. The number of rotatable bonds is 6. The van der Waals surface area contributed by atoms with Crippen LogP contribution in [-0.4, -0.2) is 39.4 Å². The normalized spacial score (nSPS) is 11.9. The standard InChI is InChI=1S/C22H22N2O3.CH2O2/c1-4-17(25)13-27-14(3)10-16-12-21(23-19(16)5-2)18-11-15-8-6-7-9-20(15)24-22(18)26;2-1-3/h2,6-12,17,23,25H,4,13H2,1,3H3,(H,24,26);1H,(H,2,3)/b14-10+;. The SMILES string of the molecule is C#Cc1[nH]c(-c2cc3ccccc3[nH]c2=O)cc1/C=C(\C)OCC(O)CC.O=CO. The van der Waals surface area contributed by atoms with E-state index in [2.05, 4.69) is 15.9 Å². The van der Waals surface area contributed by atoms with E-state index >= 15 is 0 Å². The molecule has 4 N–H and O–H groups in total. The molecule has 2 heterocycles. The highest BCUT2D eigenvalue weighted by Gasteiger charge is 2.12. The predicted octanol–water partition coefficient (Wildman–Crippen LogP) is 3.35. The van der Waals surface area contributed by atoms with Crippen molar-refractivity contribution in [2.45, 2.75) is 26.4 Å². The molecule has 0 saturated heterocycles. The molecule has 0 radical (unpaired) electrons. The molecule has 1 unspecified atom stereocenters. The minimum absolute atomic E-state index is 0.187. The van der Waals surface area contributed by atoms with Gasteiger partial charge in [0.25, 0.3) is 12.0 Å². The van der Waals surface area contributed by atoms with Gasteiger partial charge in [-0.25, -0.2) is 0 Å². The number of aliphatic hydroxyl groups excluding tert-OH is 1. The zero-order valence-electron chi connectivity index (χ0n) is 16.8. The molecule has 0 fully saturated rings. The number of aliphatic hydroxyl groups is 1. The van der Waals surface area contributed by atoms with Crippen molar-refractivity contribution in [3.8, 4) is 23.6 Å². The summed E-state index contributed by atoms with van der Waals surface area (Å²) in [5.41, 5.74) is 3.08. The Bertz CT molecular complexity index is 1130. The van der Waals surface area contributed by atoms with Gasteiger partial charge in [0.15, 0.2) is 0 Å². The number of aromatic amines is 2.